The van der Waals surface area contributed by atoms with E-state index in [2.05, 4.69) is 10.3 Å². The first kappa shape index (κ1) is 13.5. The van der Waals surface area contributed by atoms with Crippen molar-refractivity contribution in [3.05, 3.63) is 70.8 Å². The van der Waals surface area contributed by atoms with E-state index in [1.165, 1.54) is 12.1 Å². The number of halogens is 1. The number of carbonyl (C=O) groups excluding carboxylic acids is 1. The van der Waals surface area contributed by atoms with Gasteiger partial charge in [0.15, 0.2) is 0 Å². The number of thiophene rings is 1. The number of para-hydroxylation sites is 1. The van der Waals surface area contributed by atoms with E-state index in [0.29, 0.717) is 5.56 Å². The van der Waals surface area contributed by atoms with Crippen LogP contribution in [0.25, 0.3) is 11.3 Å². The number of anilines is 1. The molecule has 2 aromatic heterocycles. The lowest BCUT2D eigenvalue weighted by Gasteiger charge is -2.07. The van der Waals surface area contributed by atoms with E-state index >= 15 is 0 Å². The van der Waals surface area contributed by atoms with Crippen LogP contribution in [0.2, 0.25) is 0 Å². The third-order valence-electron chi connectivity index (χ3n) is 2.96. The van der Waals surface area contributed by atoms with Gasteiger partial charge >= 0.3 is 0 Å². The number of nitrogens with one attached hydrogen (secondary N) is 1. The predicted molar refractivity (Wildman–Crippen MR) is 81.9 cm³/mol. The number of hydrogen-bond donors (Lipinski definition) is 1. The predicted octanol–water partition coefficient (Wildman–Crippen LogP) is 4.20. The molecule has 0 atom stereocenters. The number of benzene rings is 1. The molecular formula is C16H11FN2OS. The zero-order valence-electron chi connectivity index (χ0n) is 10.9. The second kappa shape index (κ2) is 5.85. The molecule has 21 heavy (non-hydrogen) atoms. The Labute approximate surface area is 125 Å². The summed E-state index contributed by atoms with van der Waals surface area (Å²) in [5.74, 6) is -0.822. The van der Waals surface area contributed by atoms with Gasteiger partial charge in [0.05, 0.1) is 11.4 Å². The molecule has 0 unspecified atom stereocenters. The van der Waals surface area contributed by atoms with E-state index in [1.807, 2.05) is 16.8 Å². The largest absolute Gasteiger partial charge is 0.319 e. The van der Waals surface area contributed by atoms with Crippen molar-refractivity contribution < 1.29 is 9.18 Å². The van der Waals surface area contributed by atoms with Crippen LogP contribution in [0.3, 0.4) is 0 Å². The van der Waals surface area contributed by atoms with Gasteiger partial charge in [0, 0.05) is 22.7 Å². The van der Waals surface area contributed by atoms with Gasteiger partial charge in [0.2, 0.25) is 0 Å². The number of hydrogen-bond acceptors (Lipinski definition) is 3. The average molecular weight is 298 g/mol. The van der Waals surface area contributed by atoms with Gasteiger partial charge in [-0.15, -0.1) is 0 Å². The molecule has 0 fully saturated rings. The van der Waals surface area contributed by atoms with Crippen LogP contribution in [0.1, 0.15) is 10.4 Å². The average Bonchev–Trinajstić information content (AvgIpc) is 3.04. The van der Waals surface area contributed by atoms with Gasteiger partial charge in [-0.3, -0.25) is 9.78 Å². The fraction of sp³-hybridized carbons (Fsp3) is 0. The molecule has 3 rings (SSSR count). The Morgan fingerprint density at radius 1 is 1.19 bits per heavy atom. The Kier molecular flexibility index (Phi) is 3.75. The molecule has 0 saturated heterocycles. The molecule has 1 aromatic carbocycles. The molecule has 0 bridgehead atoms. The van der Waals surface area contributed by atoms with Crippen molar-refractivity contribution in [3.8, 4) is 11.3 Å². The summed E-state index contributed by atoms with van der Waals surface area (Å²) < 4.78 is 13.5. The summed E-state index contributed by atoms with van der Waals surface area (Å²) in [6.45, 7) is 0. The van der Waals surface area contributed by atoms with Crippen molar-refractivity contribution in [2.24, 2.45) is 0 Å². The first-order valence-corrected chi connectivity index (χ1v) is 7.23. The van der Waals surface area contributed by atoms with Crippen molar-refractivity contribution >= 4 is 22.9 Å². The molecule has 0 radical (unpaired) electrons. The lowest BCUT2D eigenvalue weighted by atomic mass is 10.1. The van der Waals surface area contributed by atoms with E-state index in [-0.39, 0.29) is 11.6 Å². The van der Waals surface area contributed by atoms with E-state index in [4.69, 9.17) is 0 Å². The summed E-state index contributed by atoms with van der Waals surface area (Å²) >= 11 is 1.56. The third kappa shape index (κ3) is 2.98. The number of rotatable bonds is 3. The van der Waals surface area contributed by atoms with Crippen molar-refractivity contribution in [2.75, 3.05) is 5.32 Å². The lowest BCUT2D eigenvalue weighted by Crippen LogP contribution is -2.13. The molecule has 0 aliphatic rings. The first-order valence-electron chi connectivity index (χ1n) is 6.28. The lowest BCUT2D eigenvalue weighted by molar-refractivity contribution is 0.102. The number of aromatic nitrogens is 1. The van der Waals surface area contributed by atoms with Crippen LogP contribution in [0.5, 0.6) is 0 Å². The van der Waals surface area contributed by atoms with Gasteiger partial charge in [0.1, 0.15) is 5.82 Å². The topological polar surface area (TPSA) is 42.0 Å². The van der Waals surface area contributed by atoms with Crippen molar-refractivity contribution in [1.82, 2.24) is 4.98 Å². The van der Waals surface area contributed by atoms with E-state index in [1.54, 1.807) is 41.8 Å². The van der Waals surface area contributed by atoms with Crippen LogP contribution in [-0.2, 0) is 0 Å². The fourth-order valence-electron chi connectivity index (χ4n) is 1.90. The van der Waals surface area contributed by atoms with Crippen LogP contribution in [-0.4, -0.2) is 10.9 Å². The molecular weight excluding hydrogens is 287 g/mol. The highest BCUT2D eigenvalue weighted by Crippen LogP contribution is 2.21. The van der Waals surface area contributed by atoms with Crippen LogP contribution < -0.4 is 5.32 Å². The minimum Gasteiger partial charge on any atom is -0.319 e. The van der Waals surface area contributed by atoms with Gasteiger partial charge in [-0.05, 0) is 35.7 Å². The molecule has 0 aliphatic heterocycles. The third-order valence-corrected chi connectivity index (χ3v) is 3.64. The Bertz CT molecular complexity index is 771. The zero-order valence-corrected chi connectivity index (χ0v) is 11.7. The Balaban J connectivity index is 1.85. The number of pyridine rings is 1. The van der Waals surface area contributed by atoms with Crippen LogP contribution >= 0.6 is 11.3 Å². The highest BCUT2D eigenvalue weighted by Gasteiger charge is 2.10. The molecule has 5 heteroatoms. The Morgan fingerprint density at radius 3 is 2.81 bits per heavy atom. The molecule has 0 saturated carbocycles. The van der Waals surface area contributed by atoms with Gasteiger partial charge in [-0.1, -0.05) is 12.1 Å². The standard InChI is InChI=1S/C16H11FN2OS/c17-13-3-1-2-4-14(13)19-16(20)11-5-7-18-15(9-11)12-6-8-21-10-12/h1-10H,(H,19,20). The maximum atomic E-state index is 13.5. The molecule has 3 nitrogen and oxygen atoms in total. The molecule has 0 aliphatic carbocycles. The van der Waals surface area contributed by atoms with Gasteiger partial charge in [-0.2, -0.15) is 11.3 Å². The smallest absolute Gasteiger partial charge is 0.255 e. The second-order valence-corrected chi connectivity index (χ2v) is 5.16. The maximum Gasteiger partial charge on any atom is 0.255 e. The summed E-state index contributed by atoms with van der Waals surface area (Å²) in [4.78, 5) is 16.4. The molecule has 0 spiro atoms. The minimum absolute atomic E-state index is 0.163. The van der Waals surface area contributed by atoms with Crippen LogP contribution in [0, 0.1) is 5.82 Å². The summed E-state index contributed by atoms with van der Waals surface area (Å²) in [7, 11) is 0. The number of nitrogens with zero attached hydrogens (tertiary/aromatic N) is 1. The van der Waals surface area contributed by atoms with Crippen molar-refractivity contribution in [3.63, 3.8) is 0 Å². The quantitative estimate of drug-likeness (QED) is 0.787. The maximum absolute atomic E-state index is 13.5. The second-order valence-electron chi connectivity index (χ2n) is 4.38. The molecule has 104 valence electrons. The van der Waals surface area contributed by atoms with E-state index < -0.39 is 5.82 Å². The Hall–Kier alpha value is -2.53. The first-order chi connectivity index (χ1) is 10.2. The molecule has 2 heterocycles. The number of amides is 1. The fourth-order valence-corrected chi connectivity index (χ4v) is 2.55. The van der Waals surface area contributed by atoms with E-state index in [0.717, 1.165) is 11.3 Å². The molecule has 3 aromatic rings. The molecule has 1 amide bonds. The van der Waals surface area contributed by atoms with Gasteiger partial charge in [-0.25, -0.2) is 4.39 Å². The summed E-state index contributed by atoms with van der Waals surface area (Å²) in [5, 5.41) is 6.47. The summed E-state index contributed by atoms with van der Waals surface area (Å²) in [6.07, 6.45) is 1.57. The Morgan fingerprint density at radius 2 is 2.05 bits per heavy atom. The highest BCUT2D eigenvalue weighted by molar-refractivity contribution is 7.08. The summed E-state index contributed by atoms with van der Waals surface area (Å²) in [6, 6.07) is 11.3. The van der Waals surface area contributed by atoms with Crippen LogP contribution in [0.4, 0.5) is 10.1 Å². The highest BCUT2D eigenvalue weighted by atomic mass is 32.1. The van der Waals surface area contributed by atoms with Crippen LogP contribution in [0.15, 0.2) is 59.4 Å². The normalized spacial score (nSPS) is 10.3. The minimum atomic E-state index is -0.460. The summed E-state index contributed by atoms with van der Waals surface area (Å²) in [5.41, 5.74) is 2.28. The van der Waals surface area contributed by atoms with Gasteiger partial charge < -0.3 is 5.32 Å². The van der Waals surface area contributed by atoms with Crippen molar-refractivity contribution in [2.45, 2.75) is 0 Å². The van der Waals surface area contributed by atoms with Gasteiger partial charge in [0.25, 0.3) is 5.91 Å². The molecule has 1 N–H and O–H groups in total. The van der Waals surface area contributed by atoms with Crippen molar-refractivity contribution in [1.29, 1.82) is 0 Å². The zero-order chi connectivity index (χ0) is 14.7. The SMILES string of the molecule is O=C(Nc1ccccc1F)c1ccnc(-c2ccsc2)c1. The number of carbonyl (C=O) groups is 1. The van der Waals surface area contributed by atoms with E-state index in [9.17, 15) is 9.18 Å². The monoisotopic (exact) mass is 298 g/mol.